The van der Waals surface area contributed by atoms with Crippen LogP contribution in [0.2, 0.25) is 0 Å². The van der Waals surface area contributed by atoms with Crippen molar-refractivity contribution >= 4 is 5.71 Å². The summed E-state index contributed by atoms with van der Waals surface area (Å²) in [7, 11) is 0. The zero-order valence-corrected chi connectivity index (χ0v) is 7.33. The van der Waals surface area contributed by atoms with Crippen molar-refractivity contribution in [1.29, 1.82) is 0 Å². The number of benzene rings is 1. The van der Waals surface area contributed by atoms with E-state index < -0.39 is 0 Å². The van der Waals surface area contributed by atoms with E-state index in [4.69, 9.17) is 0 Å². The van der Waals surface area contributed by atoms with Gasteiger partial charge in [-0.1, -0.05) is 17.7 Å². The third-order valence-electron chi connectivity index (χ3n) is 2.12. The summed E-state index contributed by atoms with van der Waals surface area (Å²) in [5, 5.41) is 0. The van der Waals surface area contributed by atoms with E-state index >= 15 is 0 Å². The maximum atomic E-state index is 4.18. The largest absolute Gasteiger partial charge is 0.256 e. The van der Waals surface area contributed by atoms with Gasteiger partial charge >= 0.3 is 0 Å². The summed E-state index contributed by atoms with van der Waals surface area (Å²) in [6, 6.07) is 6.44. The summed E-state index contributed by atoms with van der Waals surface area (Å²) in [6.07, 6.45) is 3.87. The van der Waals surface area contributed by atoms with Crippen molar-refractivity contribution in [2.75, 3.05) is 0 Å². The van der Waals surface area contributed by atoms with E-state index in [-0.39, 0.29) is 0 Å². The van der Waals surface area contributed by atoms with Gasteiger partial charge in [-0.3, -0.25) is 4.99 Å². The maximum absolute atomic E-state index is 4.18. The molecule has 2 rings (SSSR count). The SMILES string of the molecule is Cc1ccc(C)c(C2=NC=C2)c1. The zero-order chi connectivity index (χ0) is 8.55. The molecule has 0 spiro atoms. The second-order valence-electron chi connectivity index (χ2n) is 3.15. The van der Waals surface area contributed by atoms with Crippen LogP contribution >= 0.6 is 0 Å². The fourth-order valence-electron chi connectivity index (χ4n) is 1.32. The van der Waals surface area contributed by atoms with Gasteiger partial charge in [-0.2, -0.15) is 0 Å². The van der Waals surface area contributed by atoms with Crippen LogP contribution in [0.25, 0.3) is 0 Å². The van der Waals surface area contributed by atoms with Crippen LogP contribution in [0.4, 0.5) is 0 Å². The molecule has 0 N–H and O–H groups in total. The molecule has 1 heterocycles. The van der Waals surface area contributed by atoms with Gasteiger partial charge in [0.05, 0.1) is 5.71 Å². The predicted molar refractivity (Wildman–Crippen MR) is 51.6 cm³/mol. The number of hydrogen-bond donors (Lipinski definition) is 0. The summed E-state index contributed by atoms with van der Waals surface area (Å²) in [4.78, 5) is 4.18. The lowest BCUT2D eigenvalue weighted by molar-refractivity contribution is 1.35. The molecule has 1 aliphatic heterocycles. The Kier molecular flexibility index (Phi) is 1.58. The molecule has 12 heavy (non-hydrogen) atoms. The van der Waals surface area contributed by atoms with Gasteiger partial charge in [-0.15, -0.1) is 0 Å². The lowest BCUT2D eigenvalue weighted by atomic mass is 10.00. The van der Waals surface area contributed by atoms with Crippen molar-refractivity contribution in [3.8, 4) is 0 Å². The Morgan fingerprint density at radius 2 is 1.92 bits per heavy atom. The van der Waals surface area contributed by atoms with Crippen LogP contribution in [0.3, 0.4) is 0 Å². The molecule has 1 nitrogen and oxygen atoms in total. The first-order chi connectivity index (χ1) is 5.77. The minimum absolute atomic E-state index is 1.11. The Morgan fingerprint density at radius 3 is 2.50 bits per heavy atom. The van der Waals surface area contributed by atoms with Gasteiger partial charge in [0.25, 0.3) is 0 Å². The Morgan fingerprint density at radius 1 is 1.17 bits per heavy atom. The Labute approximate surface area is 72.5 Å². The van der Waals surface area contributed by atoms with Crippen LogP contribution < -0.4 is 0 Å². The monoisotopic (exact) mass is 157 g/mol. The van der Waals surface area contributed by atoms with Gasteiger partial charge in [0.1, 0.15) is 0 Å². The van der Waals surface area contributed by atoms with Gasteiger partial charge in [0.15, 0.2) is 0 Å². The highest BCUT2D eigenvalue weighted by molar-refractivity contribution is 6.13. The second kappa shape index (κ2) is 2.59. The summed E-state index contributed by atoms with van der Waals surface area (Å²) >= 11 is 0. The van der Waals surface area contributed by atoms with E-state index in [1.165, 1.54) is 16.7 Å². The summed E-state index contributed by atoms with van der Waals surface area (Å²) < 4.78 is 0. The number of nitrogens with zero attached hydrogens (tertiary/aromatic N) is 1. The van der Waals surface area contributed by atoms with Crippen LogP contribution in [0.1, 0.15) is 16.7 Å². The second-order valence-corrected chi connectivity index (χ2v) is 3.15. The fraction of sp³-hybridized carbons (Fsp3) is 0.182. The minimum Gasteiger partial charge on any atom is -0.256 e. The fourth-order valence-corrected chi connectivity index (χ4v) is 1.32. The molecule has 0 saturated heterocycles. The lowest BCUT2D eigenvalue weighted by Crippen LogP contribution is -2.04. The normalized spacial score (nSPS) is 14.0. The molecule has 1 aromatic rings. The first kappa shape index (κ1) is 7.29. The van der Waals surface area contributed by atoms with Crippen molar-refractivity contribution in [2.45, 2.75) is 13.8 Å². The Bertz CT molecular complexity index is 373. The van der Waals surface area contributed by atoms with Crippen molar-refractivity contribution in [1.82, 2.24) is 0 Å². The van der Waals surface area contributed by atoms with Crippen LogP contribution in [-0.2, 0) is 0 Å². The molecule has 0 fully saturated rings. The van der Waals surface area contributed by atoms with Gasteiger partial charge < -0.3 is 0 Å². The van der Waals surface area contributed by atoms with Crippen molar-refractivity contribution in [3.63, 3.8) is 0 Å². The van der Waals surface area contributed by atoms with E-state index in [2.05, 4.69) is 37.0 Å². The van der Waals surface area contributed by atoms with Gasteiger partial charge in [-0.05, 0) is 31.6 Å². The topological polar surface area (TPSA) is 12.4 Å². The third kappa shape index (κ3) is 1.07. The molecular formula is C11H11N. The number of aliphatic imine (C=N–C) groups is 1. The first-order valence-corrected chi connectivity index (χ1v) is 4.09. The molecule has 1 heteroatoms. The maximum Gasteiger partial charge on any atom is 0.0720 e. The Hall–Kier alpha value is -1.37. The summed E-state index contributed by atoms with van der Waals surface area (Å²) in [5.74, 6) is 0. The van der Waals surface area contributed by atoms with Crippen LogP contribution in [-0.4, -0.2) is 5.71 Å². The number of rotatable bonds is 1. The van der Waals surface area contributed by atoms with Crippen LogP contribution in [0.5, 0.6) is 0 Å². The predicted octanol–water partition coefficient (Wildman–Crippen LogP) is 2.62. The van der Waals surface area contributed by atoms with Crippen LogP contribution in [0.15, 0.2) is 35.5 Å². The van der Waals surface area contributed by atoms with E-state index in [0.29, 0.717) is 0 Å². The summed E-state index contributed by atoms with van der Waals surface area (Å²) in [6.45, 7) is 4.22. The minimum atomic E-state index is 1.11. The molecule has 1 aliphatic rings. The average Bonchev–Trinajstić information content (AvgIpc) is 1.93. The highest BCUT2D eigenvalue weighted by atomic mass is 14.7. The summed E-state index contributed by atoms with van der Waals surface area (Å²) in [5.41, 5.74) is 4.95. The van der Waals surface area contributed by atoms with Gasteiger partial charge in [0, 0.05) is 11.8 Å². The molecule has 0 unspecified atom stereocenters. The van der Waals surface area contributed by atoms with Crippen molar-refractivity contribution in [3.05, 3.63) is 47.2 Å². The first-order valence-electron chi connectivity index (χ1n) is 4.09. The van der Waals surface area contributed by atoms with E-state index in [1.807, 2.05) is 12.3 Å². The average molecular weight is 157 g/mol. The molecule has 0 atom stereocenters. The van der Waals surface area contributed by atoms with E-state index in [9.17, 15) is 0 Å². The van der Waals surface area contributed by atoms with E-state index in [0.717, 1.165) is 5.71 Å². The molecule has 0 bridgehead atoms. The van der Waals surface area contributed by atoms with Gasteiger partial charge in [0.2, 0.25) is 0 Å². The zero-order valence-electron chi connectivity index (χ0n) is 7.33. The number of hydrogen-bond acceptors (Lipinski definition) is 1. The standard InChI is InChI=1S/C11H11N/c1-8-3-4-9(2)10(7-8)11-5-6-12-11/h3-7H,1-2H3. The number of allylic oxidation sites excluding steroid dienone is 1. The highest BCUT2D eigenvalue weighted by Crippen LogP contribution is 2.15. The quantitative estimate of drug-likeness (QED) is 0.594. The molecular weight excluding hydrogens is 146 g/mol. The molecule has 1 aromatic carbocycles. The Balaban J connectivity index is 2.48. The van der Waals surface area contributed by atoms with Crippen molar-refractivity contribution < 1.29 is 0 Å². The molecule has 0 aromatic heterocycles. The molecule has 0 saturated carbocycles. The molecule has 0 aliphatic carbocycles. The molecule has 60 valence electrons. The highest BCUT2D eigenvalue weighted by Gasteiger charge is 2.06. The molecule has 0 radical (unpaired) electrons. The lowest BCUT2D eigenvalue weighted by Gasteiger charge is -2.09. The number of aryl methyl sites for hydroxylation is 2. The van der Waals surface area contributed by atoms with Crippen molar-refractivity contribution in [2.24, 2.45) is 4.99 Å². The third-order valence-corrected chi connectivity index (χ3v) is 2.12. The van der Waals surface area contributed by atoms with Gasteiger partial charge in [-0.25, -0.2) is 0 Å². The molecule has 0 amide bonds. The van der Waals surface area contributed by atoms with E-state index in [1.54, 1.807) is 0 Å². The van der Waals surface area contributed by atoms with Crippen LogP contribution in [0, 0.1) is 13.8 Å². The smallest absolute Gasteiger partial charge is 0.0720 e.